The number of rotatable bonds is 14. The lowest BCUT2D eigenvalue weighted by Crippen LogP contribution is -2.48. The first kappa shape index (κ1) is 33.5. The molecule has 43 heavy (non-hydrogen) atoms. The number of hydrogen-bond acceptors (Lipinski definition) is 6. The van der Waals surface area contributed by atoms with Crippen LogP contribution in [0.5, 0.6) is 0 Å². The van der Waals surface area contributed by atoms with Gasteiger partial charge in [-0.3, -0.25) is 10.1 Å². The Balaban J connectivity index is 2.26. The summed E-state index contributed by atoms with van der Waals surface area (Å²) >= 11 is 0. The van der Waals surface area contributed by atoms with Gasteiger partial charge in [0.15, 0.2) is 0 Å². The van der Waals surface area contributed by atoms with Crippen LogP contribution in [-0.2, 0) is 21.5 Å². The lowest BCUT2D eigenvalue weighted by molar-refractivity contribution is -0.387. The monoisotopic (exact) mass is 595 g/mol. The Morgan fingerprint density at radius 3 is 1.98 bits per heavy atom. The van der Waals surface area contributed by atoms with Crippen LogP contribution < -0.4 is 0 Å². The minimum Gasteiger partial charge on any atom is -0.478 e. The van der Waals surface area contributed by atoms with Gasteiger partial charge in [-0.1, -0.05) is 83.0 Å². The van der Waals surface area contributed by atoms with E-state index >= 15 is 4.39 Å². The second-order valence-corrected chi connectivity index (χ2v) is 12.2. The molecule has 2 aromatic rings. The molecule has 0 aromatic heterocycles. The number of halogens is 1. The summed E-state index contributed by atoms with van der Waals surface area (Å²) in [5, 5.41) is 33.0. The number of aliphatic carboxylic acids is 2. The van der Waals surface area contributed by atoms with Crippen molar-refractivity contribution in [1.29, 1.82) is 0 Å². The van der Waals surface area contributed by atoms with Crippen LogP contribution in [0.2, 0.25) is 0 Å². The van der Waals surface area contributed by atoms with Crippen LogP contribution in [0.25, 0.3) is 0 Å². The first-order valence-electron chi connectivity index (χ1n) is 14.6. The van der Waals surface area contributed by atoms with E-state index in [2.05, 4.69) is 18.7 Å². The molecule has 0 unspecified atom stereocenters. The molecule has 0 atom stereocenters. The fraction of sp³-hybridized carbons (Fsp3) is 0.455. The van der Waals surface area contributed by atoms with Gasteiger partial charge in [-0.05, 0) is 37.8 Å². The van der Waals surface area contributed by atoms with Crippen molar-refractivity contribution >= 4 is 17.6 Å². The Hall–Kier alpha value is -4.05. The van der Waals surface area contributed by atoms with Gasteiger partial charge in [0.05, 0.1) is 21.5 Å². The molecule has 9 nitrogen and oxygen atoms in total. The summed E-state index contributed by atoms with van der Waals surface area (Å²) in [7, 11) is 2.00. The highest BCUT2D eigenvalue weighted by Crippen LogP contribution is 2.51. The van der Waals surface area contributed by atoms with Crippen LogP contribution in [0, 0.1) is 21.3 Å². The summed E-state index contributed by atoms with van der Waals surface area (Å²) in [6.07, 6.45) is 1.69. The lowest BCUT2D eigenvalue weighted by atomic mass is 9.65. The summed E-state index contributed by atoms with van der Waals surface area (Å²) in [4.78, 5) is 41.0. The molecule has 0 spiro atoms. The highest BCUT2D eigenvalue weighted by molar-refractivity contribution is 6.00. The topological polar surface area (TPSA) is 124 Å². The maximum absolute atomic E-state index is 15.9. The Labute approximate surface area is 252 Å². The Bertz CT molecular complexity index is 1390. The Morgan fingerprint density at radius 1 is 0.977 bits per heavy atom. The molecule has 0 amide bonds. The molecule has 0 radical (unpaired) electrons. The molecule has 1 aliphatic heterocycles. The van der Waals surface area contributed by atoms with Gasteiger partial charge in [0.2, 0.25) is 5.82 Å². The molecule has 2 aromatic carbocycles. The zero-order valence-corrected chi connectivity index (χ0v) is 25.8. The van der Waals surface area contributed by atoms with Crippen LogP contribution in [0.4, 0.5) is 10.1 Å². The molecule has 0 aliphatic carbocycles. The van der Waals surface area contributed by atoms with E-state index in [4.69, 9.17) is 0 Å². The van der Waals surface area contributed by atoms with Crippen molar-refractivity contribution in [3.05, 3.63) is 98.1 Å². The van der Waals surface area contributed by atoms with Crippen LogP contribution in [0.15, 0.2) is 71.1 Å². The van der Waals surface area contributed by atoms with Crippen molar-refractivity contribution < 1.29 is 29.1 Å². The van der Waals surface area contributed by atoms with Crippen molar-refractivity contribution in [2.45, 2.75) is 72.3 Å². The minimum atomic E-state index is -1.99. The van der Waals surface area contributed by atoms with E-state index in [-0.39, 0.29) is 16.7 Å². The Morgan fingerprint density at radius 2 is 1.51 bits per heavy atom. The predicted octanol–water partition coefficient (Wildman–Crippen LogP) is 6.74. The number of hydrogen-bond donors (Lipinski definition) is 2. The summed E-state index contributed by atoms with van der Waals surface area (Å²) in [6, 6.07) is 13.5. The number of carboxylic acid groups (broad SMARTS) is 2. The fourth-order valence-corrected chi connectivity index (χ4v) is 6.47. The quantitative estimate of drug-likeness (QED) is 0.182. The molecular formula is C33H42FN3O6. The van der Waals surface area contributed by atoms with E-state index in [1.54, 1.807) is 0 Å². The molecule has 10 heteroatoms. The zero-order valence-electron chi connectivity index (χ0n) is 25.8. The third kappa shape index (κ3) is 6.96. The van der Waals surface area contributed by atoms with Crippen LogP contribution in [0.1, 0.15) is 71.4 Å². The van der Waals surface area contributed by atoms with Crippen molar-refractivity contribution in [2.75, 3.05) is 20.1 Å². The van der Waals surface area contributed by atoms with E-state index in [1.807, 2.05) is 56.1 Å². The molecule has 2 N–H and O–H groups in total. The maximum atomic E-state index is 15.9. The number of allylic oxidation sites excluding steroid dienone is 2. The van der Waals surface area contributed by atoms with Crippen LogP contribution in [0.3, 0.4) is 0 Å². The molecule has 0 saturated carbocycles. The number of carbonyl (C=O) groups is 2. The van der Waals surface area contributed by atoms with Crippen molar-refractivity contribution in [1.82, 2.24) is 9.80 Å². The summed E-state index contributed by atoms with van der Waals surface area (Å²) in [6.45, 7) is 10.9. The maximum Gasteiger partial charge on any atom is 0.334 e. The minimum absolute atomic E-state index is 0.278. The Kier molecular flexibility index (Phi) is 10.5. The molecular weight excluding hydrogens is 553 g/mol. The summed E-state index contributed by atoms with van der Waals surface area (Å²) < 4.78 is 15.9. The standard InChI is InChI=1S/C33H42FN3O6/c1-7-13-24-27(30(38)39)33(5,23-17-12-18-26(29(23)34)37(42)43)28(31(40)41)25(14-8-2)36(24)21-32(3,4)20-35(6)19-22-15-10-9-11-16-22/h9-12,15-18H,7-8,13-14,19-21H2,1-6H3,(H,38,39)(H,40,41). The molecule has 1 aliphatic rings. The normalized spacial score (nSPS) is 15.3. The van der Waals surface area contributed by atoms with Gasteiger partial charge in [0.25, 0.3) is 0 Å². The second-order valence-electron chi connectivity index (χ2n) is 12.2. The van der Waals surface area contributed by atoms with Crippen molar-refractivity contribution in [3.8, 4) is 0 Å². The SMILES string of the molecule is CCCC1=C(C(=O)O)C(C)(c2cccc([N+](=O)[O-])c2F)C(C(=O)O)=C(CCC)N1CC(C)(C)CN(C)Cc1ccccc1. The first-order chi connectivity index (χ1) is 20.2. The summed E-state index contributed by atoms with van der Waals surface area (Å²) in [5.74, 6) is -4.03. The van der Waals surface area contributed by atoms with E-state index in [0.29, 0.717) is 56.7 Å². The van der Waals surface area contributed by atoms with Gasteiger partial charge in [-0.25, -0.2) is 9.59 Å². The van der Waals surface area contributed by atoms with Gasteiger partial charge < -0.3 is 20.0 Å². The van der Waals surface area contributed by atoms with E-state index < -0.39 is 39.2 Å². The average molecular weight is 596 g/mol. The molecule has 0 fully saturated rings. The number of nitro groups is 1. The highest BCUT2D eigenvalue weighted by atomic mass is 19.1. The van der Waals surface area contributed by atoms with Crippen LogP contribution >= 0.6 is 0 Å². The molecule has 1 heterocycles. The lowest BCUT2D eigenvalue weighted by Gasteiger charge is -2.47. The molecule has 0 saturated heterocycles. The van der Waals surface area contributed by atoms with Gasteiger partial charge in [0, 0.05) is 42.7 Å². The third-order valence-corrected chi connectivity index (χ3v) is 7.92. The smallest absolute Gasteiger partial charge is 0.334 e. The second kappa shape index (κ2) is 13.5. The van der Waals surface area contributed by atoms with Gasteiger partial charge in [-0.2, -0.15) is 4.39 Å². The van der Waals surface area contributed by atoms with E-state index in [1.165, 1.54) is 19.1 Å². The van der Waals surface area contributed by atoms with Gasteiger partial charge in [0.1, 0.15) is 0 Å². The molecule has 232 valence electrons. The average Bonchev–Trinajstić information content (AvgIpc) is 2.90. The van der Waals surface area contributed by atoms with Crippen molar-refractivity contribution in [2.24, 2.45) is 5.41 Å². The van der Waals surface area contributed by atoms with E-state index in [9.17, 15) is 29.9 Å². The predicted molar refractivity (Wildman–Crippen MR) is 163 cm³/mol. The third-order valence-electron chi connectivity index (χ3n) is 7.92. The molecule has 0 bridgehead atoms. The summed E-state index contributed by atoms with van der Waals surface area (Å²) in [5.41, 5.74) is -2.22. The number of benzene rings is 2. The number of carboxylic acids is 2. The van der Waals surface area contributed by atoms with Crippen molar-refractivity contribution in [3.63, 3.8) is 0 Å². The highest BCUT2D eigenvalue weighted by Gasteiger charge is 2.52. The van der Waals surface area contributed by atoms with E-state index in [0.717, 1.165) is 11.6 Å². The van der Waals surface area contributed by atoms with Crippen LogP contribution in [-0.4, -0.2) is 57.0 Å². The van der Waals surface area contributed by atoms with Gasteiger partial charge >= 0.3 is 17.6 Å². The largest absolute Gasteiger partial charge is 0.478 e. The zero-order chi connectivity index (χ0) is 32.1. The van der Waals surface area contributed by atoms with Gasteiger partial charge in [-0.15, -0.1) is 0 Å². The fourth-order valence-electron chi connectivity index (χ4n) is 6.47. The first-order valence-corrected chi connectivity index (χ1v) is 14.6. The number of nitrogens with zero attached hydrogens (tertiary/aromatic N) is 3. The number of nitro benzene ring substituents is 1. The molecule has 3 rings (SSSR count).